The average molecular weight is 212 g/mol. The molecular formula is C9H8O2S2. The van der Waals surface area contributed by atoms with Crippen LogP contribution < -0.4 is 0 Å². The Morgan fingerprint density at radius 2 is 2.23 bits per heavy atom. The molecule has 0 atom stereocenters. The Labute approximate surface area is 87.3 Å². The molecule has 0 saturated heterocycles. The number of hydrogen-bond donors (Lipinski definition) is 0. The molecule has 0 aromatic rings. The molecule has 1 rings (SSSR count). The van der Waals surface area contributed by atoms with E-state index in [4.69, 9.17) is 24.4 Å². The third-order valence-electron chi connectivity index (χ3n) is 1.62. The number of carbonyl (C=O) groups excluding carboxylic acids is 1. The van der Waals surface area contributed by atoms with Gasteiger partial charge in [0.2, 0.25) is 0 Å². The fourth-order valence-corrected chi connectivity index (χ4v) is 1.35. The van der Waals surface area contributed by atoms with Crippen molar-refractivity contribution in [2.75, 3.05) is 7.11 Å². The topological polar surface area (TPSA) is 26.3 Å². The maximum absolute atomic E-state index is 10.9. The second kappa shape index (κ2) is 4.39. The molecule has 0 heterocycles. The van der Waals surface area contributed by atoms with Crippen LogP contribution >= 0.6 is 24.4 Å². The van der Waals surface area contributed by atoms with E-state index in [0.717, 1.165) is 5.57 Å². The van der Waals surface area contributed by atoms with Gasteiger partial charge in [0.15, 0.2) is 0 Å². The first-order chi connectivity index (χ1) is 6.15. The van der Waals surface area contributed by atoms with E-state index >= 15 is 0 Å². The number of carbonyl (C=O) groups is 1. The van der Waals surface area contributed by atoms with Gasteiger partial charge in [-0.05, 0) is 11.6 Å². The number of methoxy groups -OCH3 is 1. The molecule has 0 amide bonds. The van der Waals surface area contributed by atoms with E-state index in [1.165, 1.54) is 7.11 Å². The zero-order chi connectivity index (χ0) is 9.84. The Hall–Kier alpha value is -0.870. The lowest BCUT2D eigenvalue weighted by molar-refractivity contribution is -0.139. The molecular weight excluding hydrogens is 204 g/mol. The predicted octanol–water partition coefficient (Wildman–Crippen LogP) is 1.79. The van der Waals surface area contributed by atoms with E-state index in [1.807, 2.05) is 0 Å². The van der Waals surface area contributed by atoms with Gasteiger partial charge in [-0.25, -0.2) is 0 Å². The molecule has 13 heavy (non-hydrogen) atoms. The summed E-state index contributed by atoms with van der Waals surface area (Å²) in [5.74, 6) is -0.299. The first kappa shape index (κ1) is 10.2. The maximum Gasteiger partial charge on any atom is 0.310 e. The van der Waals surface area contributed by atoms with Crippen LogP contribution in [0.5, 0.6) is 0 Å². The van der Waals surface area contributed by atoms with E-state index in [2.05, 4.69) is 4.74 Å². The van der Waals surface area contributed by atoms with Gasteiger partial charge in [-0.2, -0.15) is 0 Å². The minimum Gasteiger partial charge on any atom is -0.469 e. The molecule has 68 valence electrons. The molecule has 1 aliphatic carbocycles. The van der Waals surface area contributed by atoms with Crippen molar-refractivity contribution in [1.82, 2.24) is 0 Å². The number of esters is 1. The van der Waals surface area contributed by atoms with E-state index < -0.39 is 0 Å². The summed E-state index contributed by atoms with van der Waals surface area (Å²) in [4.78, 5) is 12.1. The SMILES string of the molecule is COC(=O)CC1=CC=CC(=S)C1=S. The number of rotatable bonds is 2. The van der Waals surface area contributed by atoms with Crippen LogP contribution in [-0.2, 0) is 9.53 Å². The molecule has 0 saturated carbocycles. The highest BCUT2D eigenvalue weighted by Gasteiger charge is 2.14. The first-order valence-electron chi connectivity index (χ1n) is 3.68. The van der Waals surface area contributed by atoms with Gasteiger partial charge in [0.05, 0.1) is 23.3 Å². The van der Waals surface area contributed by atoms with E-state index in [-0.39, 0.29) is 12.4 Å². The Kier molecular flexibility index (Phi) is 3.45. The van der Waals surface area contributed by atoms with Crippen molar-refractivity contribution in [2.24, 2.45) is 0 Å². The highest BCUT2D eigenvalue weighted by Crippen LogP contribution is 2.12. The van der Waals surface area contributed by atoms with Gasteiger partial charge in [-0.15, -0.1) is 0 Å². The van der Waals surface area contributed by atoms with Crippen molar-refractivity contribution in [3.63, 3.8) is 0 Å². The molecule has 0 radical (unpaired) electrons. The van der Waals surface area contributed by atoms with Gasteiger partial charge in [0, 0.05) is 0 Å². The molecule has 0 aromatic carbocycles. The summed E-state index contributed by atoms with van der Waals surface area (Å²) in [6.45, 7) is 0. The normalized spacial score (nSPS) is 15.6. The molecule has 0 bridgehead atoms. The lowest BCUT2D eigenvalue weighted by atomic mass is 10.0. The summed E-state index contributed by atoms with van der Waals surface area (Å²) < 4.78 is 4.53. The number of allylic oxidation sites excluding steroid dienone is 3. The Balaban J connectivity index is 2.75. The molecule has 2 nitrogen and oxygen atoms in total. The number of thiocarbonyl (C=S) groups is 2. The van der Waals surface area contributed by atoms with E-state index in [0.29, 0.717) is 9.73 Å². The minimum atomic E-state index is -0.299. The molecule has 0 N–H and O–H groups in total. The zero-order valence-corrected chi connectivity index (χ0v) is 8.71. The Morgan fingerprint density at radius 3 is 2.85 bits per heavy atom. The van der Waals surface area contributed by atoms with Gasteiger partial charge < -0.3 is 4.74 Å². The van der Waals surface area contributed by atoms with Crippen LogP contribution in [0.1, 0.15) is 6.42 Å². The lowest BCUT2D eigenvalue weighted by Crippen LogP contribution is -2.15. The van der Waals surface area contributed by atoms with Crippen molar-refractivity contribution in [1.29, 1.82) is 0 Å². The van der Waals surface area contributed by atoms with Crippen LogP contribution in [0.4, 0.5) is 0 Å². The van der Waals surface area contributed by atoms with Crippen LogP contribution in [0.2, 0.25) is 0 Å². The van der Waals surface area contributed by atoms with Crippen molar-refractivity contribution in [3.05, 3.63) is 23.8 Å². The van der Waals surface area contributed by atoms with Crippen LogP contribution in [0.15, 0.2) is 23.8 Å². The second-order valence-corrected chi connectivity index (χ2v) is 3.35. The molecule has 0 unspecified atom stereocenters. The number of hydrogen-bond acceptors (Lipinski definition) is 4. The van der Waals surface area contributed by atoms with Crippen LogP contribution in [0.25, 0.3) is 0 Å². The smallest absolute Gasteiger partial charge is 0.310 e. The largest absolute Gasteiger partial charge is 0.469 e. The molecule has 0 aliphatic heterocycles. The van der Waals surface area contributed by atoms with Crippen molar-refractivity contribution in [2.45, 2.75) is 6.42 Å². The van der Waals surface area contributed by atoms with Crippen molar-refractivity contribution < 1.29 is 9.53 Å². The van der Waals surface area contributed by atoms with Gasteiger partial charge in [0.25, 0.3) is 0 Å². The third-order valence-corrected chi connectivity index (χ3v) is 2.57. The van der Waals surface area contributed by atoms with Crippen molar-refractivity contribution in [3.8, 4) is 0 Å². The quantitative estimate of drug-likeness (QED) is 0.515. The standard InChI is InChI=1S/C9H8O2S2/c1-11-8(10)5-6-3-2-4-7(12)9(6)13/h2-4H,5H2,1H3. The maximum atomic E-state index is 10.9. The lowest BCUT2D eigenvalue weighted by Gasteiger charge is -2.09. The fourth-order valence-electron chi connectivity index (χ4n) is 0.928. The fraction of sp³-hybridized carbons (Fsp3) is 0.222. The highest BCUT2D eigenvalue weighted by molar-refractivity contribution is 7.90. The molecule has 0 spiro atoms. The molecule has 1 aliphatic rings. The summed E-state index contributed by atoms with van der Waals surface area (Å²) in [5, 5.41) is 0. The summed E-state index contributed by atoms with van der Waals surface area (Å²) in [7, 11) is 1.35. The van der Waals surface area contributed by atoms with Crippen LogP contribution in [0.3, 0.4) is 0 Å². The highest BCUT2D eigenvalue weighted by atomic mass is 32.1. The summed E-state index contributed by atoms with van der Waals surface area (Å²) >= 11 is 10.0. The second-order valence-electron chi connectivity index (χ2n) is 2.50. The van der Waals surface area contributed by atoms with Gasteiger partial charge in [-0.1, -0.05) is 36.6 Å². The summed E-state index contributed by atoms with van der Waals surface area (Å²) in [6.07, 6.45) is 5.52. The number of ether oxygens (including phenoxy) is 1. The average Bonchev–Trinajstić information content (AvgIpc) is 2.13. The molecule has 4 heteroatoms. The molecule has 0 fully saturated rings. The van der Waals surface area contributed by atoms with Gasteiger partial charge in [0.1, 0.15) is 0 Å². The van der Waals surface area contributed by atoms with Gasteiger partial charge >= 0.3 is 5.97 Å². The minimum absolute atomic E-state index is 0.194. The van der Waals surface area contributed by atoms with E-state index in [1.54, 1.807) is 18.2 Å². The van der Waals surface area contributed by atoms with Crippen molar-refractivity contribution >= 4 is 40.1 Å². The third kappa shape index (κ3) is 2.54. The molecule has 0 aromatic heterocycles. The van der Waals surface area contributed by atoms with E-state index in [9.17, 15) is 4.79 Å². The van der Waals surface area contributed by atoms with Gasteiger partial charge in [-0.3, -0.25) is 4.79 Å². The monoisotopic (exact) mass is 212 g/mol. The Morgan fingerprint density at radius 1 is 1.54 bits per heavy atom. The zero-order valence-electron chi connectivity index (χ0n) is 7.07. The van der Waals surface area contributed by atoms with Crippen LogP contribution in [-0.4, -0.2) is 22.8 Å². The predicted molar refractivity (Wildman–Crippen MR) is 59.1 cm³/mol. The Bertz CT molecular complexity index is 327. The first-order valence-corrected chi connectivity index (χ1v) is 4.49. The van der Waals surface area contributed by atoms with Crippen LogP contribution in [0, 0.1) is 0 Å². The summed E-state index contributed by atoms with van der Waals surface area (Å²) in [6, 6.07) is 0. The summed E-state index contributed by atoms with van der Waals surface area (Å²) in [5.41, 5.74) is 0.759.